The Hall–Kier alpha value is -1.79. The van der Waals surface area contributed by atoms with Crippen molar-refractivity contribution in [1.29, 1.82) is 0 Å². The molecule has 1 fully saturated rings. The molecule has 6 nitrogen and oxygen atoms in total. The number of aliphatic hydroxyl groups excluding tert-OH is 1. The van der Waals surface area contributed by atoms with Crippen LogP contribution in [0.1, 0.15) is 30.9 Å². The summed E-state index contributed by atoms with van der Waals surface area (Å²) in [7, 11) is 3.22. The lowest BCUT2D eigenvalue weighted by molar-refractivity contribution is -0.124. The largest absolute Gasteiger partial charge is 0.493 e. The first-order valence-corrected chi connectivity index (χ1v) is 7.56. The van der Waals surface area contributed by atoms with Crippen molar-refractivity contribution in [1.82, 2.24) is 10.6 Å². The molecule has 0 aromatic heterocycles. The van der Waals surface area contributed by atoms with Crippen molar-refractivity contribution in [2.45, 2.75) is 31.3 Å². The molecule has 2 rings (SSSR count). The van der Waals surface area contributed by atoms with Gasteiger partial charge in [0.25, 0.3) is 0 Å². The molecule has 0 spiro atoms. The molecule has 122 valence electrons. The molecule has 3 N–H and O–H groups in total. The Morgan fingerprint density at radius 2 is 2.09 bits per heavy atom. The lowest BCUT2D eigenvalue weighted by Gasteiger charge is -2.30. The van der Waals surface area contributed by atoms with Gasteiger partial charge in [-0.15, -0.1) is 0 Å². The summed E-state index contributed by atoms with van der Waals surface area (Å²) in [6.07, 6.45) is 2.75. The highest BCUT2D eigenvalue weighted by atomic mass is 16.5. The molecule has 0 bridgehead atoms. The standard InChI is InChI=1S/C16H24N2O4/c1-21-14-7-6-11(10-15(14)22-2)12-4-3-5-13(18-12)16(20)17-8-9-19/h6-7,10,12-13,18-19H,3-5,8-9H2,1-2H3,(H,17,20). The molecular weight excluding hydrogens is 284 g/mol. The second-order valence-electron chi connectivity index (χ2n) is 5.33. The molecule has 6 heteroatoms. The van der Waals surface area contributed by atoms with Gasteiger partial charge in [0, 0.05) is 12.6 Å². The Bertz CT molecular complexity index is 507. The average molecular weight is 308 g/mol. The summed E-state index contributed by atoms with van der Waals surface area (Å²) < 4.78 is 10.6. The SMILES string of the molecule is COc1ccc(C2CCCC(C(=O)NCCO)N2)cc1OC. The summed E-state index contributed by atoms with van der Waals surface area (Å²) in [5.41, 5.74) is 1.08. The van der Waals surface area contributed by atoms with Crippen LogP contribution in [0.5, 0.6) is 11.5 Å². The van der Waals surface area contributed by atoms with Crippen molar-refractivity contribution in [2.75, 3.05) is 27.4 Å². The zero-order valence-corrected chi connectivity index (χ0v) is 13.1. The lowest BCUT2D eigenvalue weighted by Crippen LogP contribution is -2.48. The Labute approximate surface area is 130 Å². The van der Waals surface area contributed by atoms with Crippen LogP contribution in [-0.4, -0.2) is 44.4 Å². The van der Waals surface area contributed by atoms with Gasteiger partial charge >= 0.3 is 0 Å². The van der Waals surface area contributed by atoms with Crippen molar-refractivity contribution in [2.24, 2.45) is 0 Å². The van der Waals surface area contributed by atoms with Crippen molar-refractivity contribution in [3.63, 3.8) is 0 Å². The summed E-state index contributed by atoms with van der Waals surface area (Å²) in [5, 5.41) is 14.9. The highest BCUT2D eigenvalue weighted by molar-refractivity contribution is 5.81. The fraction of sp³-hybridized carbons (Fsp3) is 0.562. The molecule has 22 heavy (non-hydrogen) atoms. The van der Waals surface area contributed by atoms with Gasteiger partial charge in [-0.2, -0.15) is 0 Å². The van der Waals surface area contributed by atoms with E-state index in [1.165, 1.54) is 0 Å². The first kappa shape index (κ1) is 16.6. The molecule has 1 amide bonds. The van der Waals surface area contributed by atoms with E-state index < -0.39 is 0 Å². The molecule has 0 saturated carbocycles. The topological polar surface area (TPSA) is 79.8 Å². The molecule has 1 aliphatic rings. The molecule has 1 saturated heterocycles. The Morgan fingerprint density at radius 3 is 2.77 bits per heavy atom. The summed E-state index contributed by atoms with van der Waals surface area (Å²) in [5.74, 6) is 1.33. The Kier molecular flexibility index (Phi) is 6.03. The van der Waals surface area contributed by atoms with E-state index in [0.717, 1.165) is 24.8 Å². The fourth-order valence-electron chi connectivity index (χ4n) is 2.78. The normalized spacial score (nSPS) is 21.2. The lowest BCUT2D eigenvalue weighted by atomic mass is 9.93. The van der Waals surface area contributed by atoms with Crippen molar-refractivity contribution >= 4 is 5.91 Å². The molecule has 1 aromatic carbocycles. The zero-order chi connectivity index (χ0) is 15.9. The minimum atomic E-state index is -0.224. The second-order valence-corrected chi connectivity index (χ2v) is 5.33. The number of nitrogens with one attached hydrogen (secondary N) is 2. The minimum Gasteiger partial charge on any atom is -0.493 e. The maximum Gasteiger partial charge on any atom is 0.237 e. The number of carbonyl (C=O) groups is 1. The number of aliphatic hydroxyl groups is 1. The highest BCUT2D eigenvalue weighted by Crippen LogP contribution is 2.33. The predicted molar refractivity (Wildman–Crippen MR) is 83.2 cm³/mol. The maximum atomic E-state index is 12.0. The van der Waals surface area contributed by atoms with Crippen LogP contribution in [-0.2, 0) is 4.79 Å². The number of ether oxygens (including phenoxy) is 2. The van der Waals surface area contributed by atoms with E-state index in [-0.39, 0.29) is 31.1 Å². The van der Waals surface area contributed by atoms with E-state index in [9.17, 15) is 4.79 Å². The number of piperidine rings is 1. The van der Waals surface area contributed by atoms with E-state index in [0.29, 0.717) is 11.5 Å². The Morgan fingerprint density at radius 1 is 1.32 bits per heavy atom. The van der Waals surface area contributed by atoms with Gasteiger partial charge < -0.3 is 19.9 Å². The van der Waals surface area contributed by atoms with E-state index in [4.69, 9.17) is 14.6 Å². The van der Waals surface area contributed by atoms with Crippen LogP contribution in [0.25, 0.3) is 0 Å². The molecule has 0 radical (unpaired) electrons. The van der Waals surface area contributed by atoms with Crippen LogP contribution >= 0.6 is 0 Å². The van der Waals surface area contributed by atoms with Gasteiger partial charge in [0.15, 0.2) is 11.5 Å². The molecule has 0 aliphatic carbocycles. The van der Waals surface area contributed by atoms with E-state index in [1.54, 1.807) is 14.2 Å². The monoisotopic (exact) mass is 308 g/mol. The third-order valence-corrected chi connectivity index (χ3v) is 3.93. The minimum absolute atomic E-state index is 0.0441. The summed E-state index contributed by atoms with van der Waals surface area (Å²) in [6, 6.07) is 5.71. The first-order chi connectivity index (χ1) is 10.7. The van der Waals surface area contributed by atoms with Crippen LogP contribution < -0.4 is 20.1 Å². The number of methoxy groups -OCH3 is 2. The molecule has 2 unspecified atom stereocenters. The van der Waals surface area contributed by atoms with Crippen LogP contribution in [0.4, 0.5) is 0 Å². The predicted octanol–water partition coefficient (Wildman–Crippen LogP) is 0.995. The maximum absolute atomic E-state index is 12.0. The number of amides is 1. The molecule has 1 aliphatic heterocycles. The summed E-state index contributed by atoms with van der Waals surface area (Å²) in [6.45, 7) is 0.246. The van der Waals surface area contributed by atoms with Gasteiger partial charge in [0.05, 0.1) is 26.9 Å². The van der Waals surface area contributed by atoms with Gasteiger partial charge in [-0.3, -0.25) is 10.1 Å². The van der Waals surface area contributed by atoms with Gasteiger partial charge in [-0.25, -0.2) is 0 Å². The Balaban J connectivity index is 2.07. The summed E-state index contributed by atoms with van der Waals surface area (Å²) >= 11 is 0. The molecule has 1 aromatic rings. The number of carbonyl (C=O) groups excluding carboxylic acids is 1. The number of benzene rings is 1. The van der Waals surface area contributed by atoms with Crippen molar-refractivity contribution < 1.29 is 19.4 Å². The zero-order valence-electron chi connectivity index (χ0n) is 13.1. The summed E-state index contributed by atoms with van der Waals surface area (Å²) in [4.78, 5) is 12.0. The first-order valence-electron chi connectivity index (χ1n) is 7.56. The van der Waals surface area contributed by atoms with E-state index >= 15 is 0 Å². The van der Waals surface area contributed by atoms with Gasteiger partial charge in [0.1, 0.15) is 0 Å². The molecule has 1 heterocycles. The van der Waals surface area contributed by atoms with Crippen molar-refractivity contribution in [3.05, 3.63) is 23.8 Å². The number of rotatable bonds is 6. The van der Waals surface area contributed by atoms with Gasteiger partial charge in [0.2, 0.25) is 5.91 Å². The van der Waals surface area contributed by atoms with E-state index in [2.05, 4.69) is 10.6 Å². The number of hydrogen-bond donors (Lipinski definition) is 3. The quantitative estimate of drug-likeness (QED) is 0.730. The average Bonchev–Trinajstić information content (AvgIpc) is 2.59. The third kappa shape index (κ3) is 3.90. The smallest absolute Gasteiger partial charge is 0.237 e. The fourth-order valence-corrected chi connectivity index (χ4v) is 2.78. The van der Waals surface area contributed by atoms with Crippen molar-refractivity contribution in [3.8, 4) is 11.5 Å². The molecular formula is C16H24N2O4. The third-order valence-electron chi connectivity index (χ3n) is 3.93. The van der Waals surface area contributed by atoms with Crippen LogP contribution in [0.3, 0.4) is 0 Å². The number of hydrogen-bond acceptors (Lipinski definition) is 5. The van der Waals surface area contributed by atoms with Crippen LogP contribution in [0.15, 0.2) is 18.2 Å². The second kappa shape index (κ2) is 8.00. The molecule has 2 atom stereocenters. The highest BCUT2D eigenvalue weighted by Gasteiger charge is 2.27. The van der Waals surface area contributed by atoms with E-state index in [1.807, 2.05) is 18.2 Å². The van der Waals surface area contributed by atoms with Gasteiger partial charge in [-0.1, -0.05) is 6.07 Å². The van der Waals surface area contributed by atoms with Crippen LogP contribution in [0.2, 0.25) is 0 Å². The van der Waals surface area contributed by atoms with Gasteiger partial charge in [-0.05, 0) is 37.0 Å². The van der Waals surface area contributed by atoms with Crippen LogP contribution in [0, 0.1) is 0 Å².